The van der Waals surface area contributed by atoms with E-state index in [9.17, 15) is 4.79 Å². The second-order valence-corrected chi connectivity index (χ2v) is 4.76. The summed E-state index contributed by atoms with van der Waals surface area (Å²) in [6, 6.07) is 7.57. The van der Waals surface area contributed by atoms with Gasteiger partial charge in [-0.15, -0.1) is 0 Å². The lowest BCUT2D eigenvalue weighted by Gasteiger charge is -2.05. The van der Waals surface area contributed by atoms with Crippen LogP contribution in [0.2, 0.25) is 5.02 Å². The number of nitrogens with one attached hydrogen (secondary N) is 1. The molecule has 0 unspecified atom stereocenters. The third kappa shape index (κ3) is 3.59. The van der Waals surface area contributed by atoms with Gasteiger partial charge in [-0.05, 0) is 30.2 Å². The van der Waals surface area contributed by atoms with Crippen molar-refractivity contribution in [2.24, 2.45) is 5.73 Å². The van der Waals surface area contributed by atoms with Crippen LogP contribution in [-0.2, 0) is 13.1 Å². The molecule has 3 N–H and O–H groups in total. The fourth-order valence-corrected chi connectivity index (χ4v) is 1.88. The molecular formula is C14H15ClN2O2. The first-order valence-corrected chi connectivity index (χ1v) is 6.27. The van der Waals surface area contributed by atoms with Crippen LogP contribution < -0.4 is 11.1 Å². The zero-order valence-corrected chi connectivity index (χ0v) is 11.3. The Balaban J connectivity index is 1.88. The highest BCUT2D eigenvalue weighted by Crippen LogP contribution is 2.16. The van der Waals surface area contributed by atoms with Gasteiger partial charge in [-0.3, -0.25) is 4.79 Å². The number of halogens is 1. The lowest BCUT2D eigenvalue weighted by atomic mass is 10.1. The fraction of sp³-hybridized carbons (Fsp3) is 0.214. The number of carbonyl (C=O) groups excluding carboxylic acids is 1. The van der Waals surface area contributed by atoms with Crippen molar-refractivity contribution in [3.63, 3.8) is 0 Å². The predicted octanol–water partition coefficient (Wildman–Crippen LogP) is 2.63. The average Bonchev–Trinajstić information content (AvgIpc) is 2.83. The van der Waals surface area contributed by atoms with Crippen molar-refractivity contribution in [3.05, 3.63) is 58.0 Å². The molecule has 1 aromatic heterocycles. The van der Waals surface area contributed by atoms with Crippen molar-refractivity contribution < 1.29 is 9.21 Å². The lowest BCUT2D eigenvalue weighted by molar-refractivity contribution is 0.0999. The number of nitrogens with two attached hydrogens (primary N) is 1. The summed E-state index contributed by atoms with van der Waals surface area (Å²) in [5, 5.41) is 3.97. The molecule has 5 heteroatoms. The number of aryl methyl sites for hydroxylation is 1. The van der Waals surface area contributed by atoms with Crippen LogP contribution >= 0.6 is 11.6 Å². The van der Waals surface area contributed by atoms with Crippen molar-refractivity contribution in [1.82, 2.24) is 5.32 Å². The van der Waals surface area contributed by atoms with Crippen molar-refractivity contribution in [2.75, 3.05) is 0 Å². The van der Waals surface area contributed by atoms with Crippen LogP contribution in [0.3, 0.4) is 0 Å². The second kappa shape index (κ2) is 5.91. The SMILES string of the molecule is Cc1ccc(CNCc2cc(C(N)=O)co2)cc1Cl. The number of carbonyl (C=O) groups is 1. The normalized spacial score (nSPS) is 10.6. The molecule has 2 aromatic rings. The van der Waals surface area contributed by atoms with Crippen LogP contribution in [0.25, 0.3) is 0 Å². The van der Waals surface area contributed by atoms with E-state index < -0.39 is 5.91 Å². The molecule has 4 nitrogen and oxygen atoms in total. The molecule has 0 bridgehead atoms. The Morgan fingerprint density at radius 2 is 2.16 bits per heavy atom. The van der Waals surface area contributed by atoms with Gasteiger partial charge in [0.25, 0.3) is 5.91 Å². The molecule has 0 aliphatic rings. The topological polar surface area (TPSA) is 68.3 Å². The summed E-state index contributed by atoms with van der Waals surface area (Å²) in [5.74, 6) is 0.187. The number of hydrogen-bond acceptors (Lipinski definition) is 3. The number of benzene rings is 1. The number of amides is 1. The van der Waals surface area contributed by atoms with E-state index in [1.807, 2.05) is 25.1 Å². The first-order valence-electron chi connectivity index (χ1n) is 5.89. The zero-order valence-electron chi connectivity index (χ0n) is 10.6. The van der Waals surface area contributed by atoms with E-state index in [-0.39, 0.29) is 0 Å². The quantitative estimate of drug-likeness (QED) is 0.883. The zero-order chi connectivity index (χ0) is 13.8. The third-order valence-electron chi connectivity index (χ3n) is 2.80. The maximum atomic E-state index is 10.9. The minimum absolute atomic E-state index is 0.384. The average molecular weight is 279 g/mol. The Hall–Kier alpha value is -1.78. The summed E-state index contributed by atoms with van der Waals surface area (Å²) in [6.07, 6.45) is 1.36. The van der Waals surface area contributed by atoms with Crippen LogP contribution in [0.5, 0.6) is 0 Å². The number of primary amides is 1. The summed E-state index contributed by atoms with van der Waals surface area (Å²) < 4.78 is 5.22. The van der Waals surface area contributed by atoms with E-state index in [0.29, 0.717) is 24.4 Å². The molecule has 0 fully saturated rings. The number of hydrogen-bond donors (Lipinski definition) is 2. The van der Waals surface area contributed by atoms with E-state index in [2.05, 4.69) is 5.32 Å². The summed E-state index contributed by atoms with van der Waals surface area (Å²) in [5.41, 5.74) is 7.68. The number of furan rings is 1. The van der Waals surface area contributed by atoms with Gasteiger partial charge in [0.1, 0.15) is 12.0 Å². The highest BCUT2D eigenvalue weighted by Gasteiger charge is 2.06. The summed E-state index contributed by atoms with van der Waals surface area (Å²) in [4.78, 5) is 10.9. The Kier molecular flexibility index (Phi) is 4.24. The van der Waals surface area contributed by atoms with Gasteiger partial charge < -0.3 is 15.5 Å². The summed E-state index contributed by atoms with van der Waals surface area (Å²) in [6.45, 7) is 3.17. The van der Waals surface area contributed by atoms with Crippen molar-refractivity contribution in [3.8, 4) is 0 Å². The minimum Gasteiger partial charge on any atom is -0.467 e. The fourth-order valence-electron chi connectivity index (χ4n) is 1.68. The van der Waals surface area contributed by atoms with Gasteiger partial charge in [0.05, 0.1) is 12.1 Å². The van der Waals surface area contributed by atoms with Crippen LogP contribution in [0.15, 0.2) is 34.9 Å². The maximum Gasteiger partial charge on any atom is 0.251 e. The van der Waals surface area contributed by atoms with E-state index in [4.69, 9.17) is 21.8 Å². The van der Waals surface area contributed by atoms with Gasteiger partial charge in [-0.1, -0.05) is 23.7 Å². The molecular weight excluding hydrogens is 264 g/mol. The van der Waals surface area contributed by atoms with E-state index in [0.717, 1.165) is 16.1 Å². The molecule has 1 aromatic carbocycles. The highest BCUT2D eigenvalue weighted by molar-refractivity contribution is 6.31. The Morgan fingerprint density at radius 1 is 1.37 bits per heavy atom. The van der Waals surface area contributed by atoms with Gasteiger partial charge in [-0.25, -0.2) is 0 Å². The van der Waals surface area contributed by atoms with Gasteiger partial charge in [0.15, 0.2) is 0 Å². The molecule has 100 valence electrons. The lowest BCUT2D eigenvalue weighted by Crippen LogP contribution is -2.12. The Bertz CT molecular complexity index is 593. The molecule has 1 heterocycles. The Morgan fingerprint density at radius 3 is 2.79 bits per heavy atom. The van der Waals surface area contributed by atoms with Crippen LogP contribution in [0.4, 0.5) is 0 Å². The molecule has 1 amide bonds. The molecule has 0 spiro atoms. The van der Waals surface area contributed by atoms with Gasteiger partial charge in [-0.2, -0.15) is 0 Å². The molecule has 0 aliphatic carbocycles. The van der Waals surface area contributed by atoms with Crippen molar-refractivity contribution in [1.29, 1.82) is 0 Å². The minimum atomic E-state index is -0.486. The van der Waals surface area contributed by atoms with Crippen molar-refractivity contribution >= 4 is 17.5 Å². The first kappa shape index (κ1) is 13.6. The predicted molar refractivity (Wildman–Crippen MR) is 74.0 cm³/mol. The van der Waals surface area contributed by atoms with E-state index >= 15 is 0 Å². The molecule has 19 heavy (non-hydrogen) atoms. The molecule has 0 atom stereocenters. The summed E-state index contributed by atoms with van der Waals surface area (Å²) in [7, 11) is 0. The first-order chi connectivity index (χ1) is 9.06. The van der Waals surface area contributed by atoms with Gasteiger partial charge in [0.2, 0.25) is 0 Å². The van der Waals surface area contributed by atoms with Crippen LogP contribution in [0.1, 0.15) is 27.2 Å². The second-order valence-electron chi connectivity index (χ2n) is 4.35. The molecule has 0 saturated carbocycles. The van der Waals surface area contributed by atoms with Crippen LogP contribution in [-0.4, -0.2) is 5.91 Å². The standard InChI is InChI=1S/C14H15ClN2O2/c1-9-2-3-10(4-13(9)15)6-17-7-12-5-11(8-19-12)14(16)18/h2-5,8,17H,6-7H2,1H3,(H2,16,18). The molecule has 0 aliphatic heterocycles. The summed E-state index contributed by atoms with van der Waals surface area (Å²) >= 11 is 6.05. The largest absolute Gasteiger partial charge is 0.467 e. The molecule has 0 radical (unpaired) electrons. The third-order valence-corrected chi connectivity index (χ3v) is 3.21. The monoisotopic (exact) mass is 278 g/mol. The highest BCUT2D eigenvalue weighted by atomic mass is 35.5. The maximum absolute atomic E-state index is 10.9. The van der Waals surface area contributed by atoms with Gasteiger partial charge in [0, 0.05) is 11.6 Å². The van der Waals surface area contributed by atoms with Crippen LogP contribution in [0, 0.1) is 6.92 Å². The molecule has 2 rings (SSSR count). The Labute approximate surface area is 116 Å². The van der Waals surface area contributed by atoms with Gasteiger partial charge >= 0.3 is 0 Å². The van der Waals surface area contributed by atoms with Crippen molar-refractivity contribution in [2.45, 2.75) is 20.0 Å². The molecule has 0 saturated heterocycles. The van der Waals surface area contributed by atoms with E-state index in [1.54, 1.807) is 6.07 Å². The number of rotatable bonds is 5. The smallest absolute Gasteiger partial charge is 0.251 e. The van der Waals surface area contributed by atoms with E-state index in [1.165, 1.54) is 6.26 Å².